The second-order valence-electron chi connectivity index (χ2n) is 4.04. The first-order valence-electron chi connectivity index (χ1n) is 5.76. The number of rotatable bonds is 5. The molecule has 0 aliphatic carbocycles. The Kier molecular flexibility index (Phi) is 3.61. The smallest absolute Gasteiger partial charge is 0.258 e. The largest absolute Gasteiger partial charge is 0.385 e. The Morgan fingerprint density at radius 1 is 1.11 bits per heavy atom. The van der Waals surface area contributed by atoms with Gasteiger partial charge in [0.15, 0.2) is 0 Å². The van der Waals surface area contributed by atoms with Crippen LogP contribution in [0, 0.1) is 0 Å². The molecule has 1 heterocycles. The van der Waals surface area contributed by atoms with E-state index in [0.29, 0.717) is 12.2 Å². The maximum absolute atomic E-state index is 11.5. The van der Waals surface area contributed by atoms with Crippen LogP contribution in [0.5, 0.6) is 0 Å². The Morgan fingerprint density at radius 3 is 2.21 bits per heavy atom. The Morgan fingerprint density at radius 2 is 1.68 bits per heavy atom. The van der Waals surface area contributed by atoms with Gasteiger partial charge in [-0.15, -0.1) is 0 Å². The Hall–Kier alpha value is -2.63. The highest BCUT2D eigenvalue weighted by atomic mass is 16.2. The normalized spacial score (nSPS) is 14.0. The number of hydrogen-bond acceptors (Lipinski definition) is 4. The third kappa shape index (κ3) is 2.98. The van der Waals surface area contributed by atoms with Gasteiger partial charge in [-0.3, -0.25) is 14.4 Å². The van der Waals surface area contributed by atoms with E-state index in [2.05, 4.69) is 5.32 Å². The molecule has 0 spiro atoms. The molecule has 98 valence electrons. The van der Waals surface area contributed by atoms with Crippen LogP contribution in [0.15, 0.2) is 36.4 Å². The van der Waals surface area contributed by atoms with Crippen LogP contribution in [-0.4, -0.2) is 24.3 Å². The SMILES string of the molecule is NC(=O)CCNc1ccc(N2C(=O)C=CC2=O)cc1. The number of nitrogens with two attached hydrogens (primary N) is 1. The molecule has 1 aromatic rings. The molecule has 0 fully saturated rings. The van der Waals surface area contributed by atoms with Crippen molar-refractivity contribution in [2.75, 3.05) is 16.8 Å². The first kappa shape index (κ1) is 12.8. The number of carbonyl (C=O) groups is 3. The van der Waals surface area contributed by atoms with Gasteiger partial charge in [0.25, 0.3) is 11.8 Å². The Balaban J connectivity index is 2.00. The summed E-state index contributed by atoms with van der Waals surface area (Å²) in [7, 11) is 0. The van der Waals surface area contributed by atoms with Gasteiger partial charge in [-0.25, -0.2) is 4.90 Å². The zero-order chi connectivity index (χ0) is 13.8. The number of anilines is 2. The zero-order valence-corrected chi connectivity index (χ0v) is 10.1. The number of benzene rings is 1. The topological polar surface area (TPSA) is 92.5 Å². The second-order valence-corrected chi connectivity index (χ2v) is 4.04. The molecule has 0 bridgehead atoms. The van der Waals surface area contributed by atoms with Gasteiger partial charge in [-0.05, 0) is 24.3 Å². The van der Waals surface area contributed by atoms with Gasteiger partial charge in [0.1, 0.15) is 0 Å². The monoisotopic (exact) mass is 259 g/mol. The standard InChI is InChI=1S/C13H13N3O3/c14-11(17)7-8-15-9-1-3-10(4-2-9)16-12(18)5-6-13(16)19/h1-6,15H,7-8H2,(H2,14,17). The average molecular weight is 259 g/mol. The molecule has 0 saturated heterocycles. The highest BCUT2D eigenvalue weighted by Gasteiger charge is 2.24. The zero-order valence-electron chi connectivity index (χ0n) is 10.1. The molecular formula is C13H13N3O3. The van der Waals surface area contributed by atoms with Crippen LogP contribution in [0.2, 0.25) is 0 Å². The van der Waals surface area contributed by atoms with Gasteiger partial charge < -0.3 is 11.1 Å². The minimum Gasteiger partial charge on any atom is -0.385 e. The van der Waals surface area contributed by atoms with E-state index in [-0.39, 0.29) is 24.1 Å². The van der Waals surface area contributed by atoms with Crippen molar-refractivity contribution < 1.29 is 14.4 Å². The summed E-state index contributed by atoms with van der Waals surface area (Å²) in [5.41, 5.74) is 6.33. The van der Waals surface area contributed by atoms with Crippen LogP contribution >= 0.6 is 0 Å². The molecular weight excluding hydrogens is 246 g/mol. The molecule has 0 aromatic heterocycles. The van der Waals surface area contributed by atoms with E-state index in [1.165, 1.54) is 12.2 Å². The van der Waals surface area contributed by atoms with Crippen molar-refractivity contribution in [3.05, 3.63) is 36.4 Å². The molecule has 2 rings (SSSR count). The summed E-state index contributed by atoms with van der Waals surface area (Å²) in [5, 5.41) is 3.01. The number of carbonyl (C=O) groups excluding carboxylic acids is 3. The van der Waals surface area contributed by atoms with E-state index in [9.17, 15) is 14.4 Å². The lowest BCUT2D eigenvalue weighted by molar-refractivity contribution is -0.120. The van der Waals surface area contributed by atoms with Gasteiger partial charge >= 0.3 is 0 Å². The van der Waals surface area contributed by atoms with E-state index in [4.69, 9.17) is 5.73 Å². The fourth-order valence-electron chi connectivity index (χ4n) is 1.71. The molecule has 3 amide bonds. The van der Waals surface area contributed by atoms with Gasteiger partial charge in [-0.2, -0.15) is 0 Å². The van der Waals surface area contributed by atoms with E-state index < -0.39 is 0 Å². The molecule has 0 unspecified atom stereocenters. The molecule has 0 radical (unpaired) electrons. The van der Waals surface area contributed by atoms with Crippen LogP contribution in [0.25, 0.3) is 0 Å². The molecule has 6 nitrogen and oxygen atoms in total. The second kappa shape index (κ2) is 5.34. The maximum atomic E-state index is 11.5. The number of primary amides is 1. The lowest BCUT2D eigenvalue weighted by Crippen LogP contribution is -2.29. The first-order chi connectivity index (χ1) is 9.08. The average Bonchev–Trinajstić information content (AvgIpc) is 2.70. The van der Waals surface area contributed by atoms with E-state index >= 15 is 0 Å². The van der Waals surface area contributed by atoms with Gasteiger partial charge in [0, 0.05) is 30.8 Å². The van der Waals surface area contributed by atoms with Crippen LogP contribution in [-0.2, 0) is 14.4 Å². The van der Waals surface area contributed by atoms with Crippen molar-refractivity contribution in [2.45, 2.75) is 6.42 Å². The summed E-state index contributed by atoms with van der Waals surface area (Å²) in [6.45, 7) is 0.442. The van der Waals surface area contributed by atoms with Crippen LogP contribution in [0.1, 0.15) is 6.42 Å². The van der Waals surface area contributed by atoms with Gasteiger partial charge in [-0.1, -0.05) is 0 Å². The fourth-order valence-corrected chi connectivity index (χ4v) is 1.71. The van der Waals surface area contributed by atoms with Gasteiger partial charge in [0.2, 0.25) is 5.91 Å². The highest BCUT2D eigenvalue weighted by molar-refractivity contribution is 6.28. The first-order valence-corrected chi connectivity index (χ1v) is 5.76. The van der Waals surface area contributed by atoms with Crippen molar-refractivity contribution in [3.63, 3.8) is 0 Å². The number of nitrogens with zero attached hydrogens (tertiary/aromatic N) is 1. The number of hydrogen-bond donors (Lipinski definition) is 2. The summed E-state index contributed by atoms with van der Waals surface area (Å²) < 4.78 is 0. The van der Waals surface area contributed by atoms with Crippen molar-refractivity contribution >= 4 is 29.1 Å². The van der Waals surface area contributed by atoms with E-state index in [1.807, 2.05) is 0 Å². The highest BCUT2D eigenvalue weighted by Crippen LogP contribution is 2.21. The lowest BCUT2D eigenvalue weighted by atomic mass is 10.2. The Labute approximate surface area is 109 Å². The van der Waals surface area contributed by atoms with Crippen LogP contribution in [0.4, 0.5) is 11.4 Å². The number of amides is 3. The van der Waals surface area contributed by atoms with Gasteiger partial charge in [0.05, 0.1) is 5.69 Å². The summed E-state index contributed by atoms with van der Waals surface area (Å²) in [5.74, 6) is -1.07. The number of imide groups is 1. The lowest BCUT2D eigenvalue weighted by Gasteiger charge is -2.14. The molecule has 0 atom stereocenters. The van der Waals surface area contributed by atoms with Crippen LogP contribution in [0.3, 0.4) is 0 Å². The summed E-state index contributed by atoms with van der Waals surface area (Å²) in [6, 6.07) is 6.79. The van der Waals surface area contributed by atoms with E-state index in [0.717, 1.165) is 10.6 Å². The fraction of sp³-hybridized carbons (Fsp3) is 0.154. The molecule has 1 aromatic carbocycles. The van der Waals surface area contributed by atoms with Crippen molar-refractivity contribution in [2.24, 2.45) is 5.73 Å². The minimum atomic E-state index is -0.372. The van der Waals surface area contributed by atoms with Crippen molar-refractivity contribution in [1.29, 1.82) is 0 Å². The van der Waals surface area contributed by atoms with Crippen molar-refractivity contribution in [1.82, 2.24) is 0 Å². The molecule has 1 aliphatic heterocycles. The summed E-state index contributed by atoms with van der Waals surface area (Å²) in [6.07, 6.45) is 2.72. The third-order valence-corrected chi connectivity index (χ3v) is 2.64. The van der Waals surface area contributed by atoms with Crippen molar-refractivity contribution in [3.8, 4) is 0 Å². The quantitative estimate of drug-likeness (QED) is 0.749. The molecule has 19 heavy (non-hydrogen) atoms. The Bertz CT molecular complexity index is 531. The number of nitrogens with one attached hydrogen (secondary N) is 1. The summed E-state index contributed by atoms with van der Waals surface area (Å²) in [4.78, 5) is 34.6. The predicted molar refractivity (Wildman–Crippen MR) is 70.4 cm³/mol. The third-order valence-electron chi connectivity index (χ3n) is 2.64. The van der Waals surface area contributed by atoms with Crippen LogP contribution < -0.4 is 16.0 Å². The molecule has 3 N–H and O–H groups in total. The minimum absolute atomic E-state index is 0.245. The molecule has 6 heteroatoms. The predicted octanol–water partition coefficient (Wildman–Crippen LogP) is 0.403. The summed E-state index contributed by atoms with van der Waals surface area (Å²) >= 11 is 0. The molecule has 1 aliphatic rings. The maximum Gasteiger partial charge on any atom is 0.258 e. The molecule has 0 saturated carbocycles. The van der Waals surface area contributed by atoms with E-state index in [1.54, 1.807) is 24.3 Å².